The van der Waals surface area contributed by atoms with Crippen molar-refractivity contribution in [2.24, 2.45) is 0 Å². The van der Waals surface area contributed by atoms with Crippen LogP contribution in [-0.4, -0.2) is 21.8 Å². The van der Waals surface area contributed by atoms with E-state index in [1.54, 1.807) is 36.4 Å². The Balaban J connectivity index is 1.64. The van der Waals surface area contributed by atoms with Gasteiger partial charge in [0.05, 0.1) is 11.8 Å². The van der Waals surface area contributed by atoms with E-state index in [4.69, 9.17) is 11.6 Å². The minimum absolute atomic E-state index is 0.258. The number of hydrogen-bond acceptors (Lipinski definition) is 4. The van der Waals surface area contributed by atoms with Crippen LogP contribution in [0.15, 0.2) is 60.7 Å². The lowest BCUT2D eigenvalue weighted by molar-refractivity contribution is 0.191. The largest absolute Gasteiger partial charge is 0.387 e. The average molecular weight is 344 g/mol. The summed E-state index contributed by atoms with van der Waals surface area (Å²) in [4.78, 5) is 0. The van der Waals surface area contributed by atoms with Crippen LogP contribution in [0.3, 0.4) is 0 Å². The van der Waals surface area contributed by atoms with E-state index in [9.17, 15) is 9.50 Å². The molecule has 0 bridgehead atoms. The molecule has 1 unspecified atom stereocenters. The predicted molar refractivity (Wildman–Crippen MR) is 92.3 cm³/mol. The lowest BCUT2D eigenvalue weighted by Gasteiger charge is -2.13. The fourth-order valence-electron chi connectivity index (χ4n) is 2.26. The van der Waals surface area contributed by atoms with Crippen molar-refractivity contribution < 1.29 is 9.50 Å². The second-order valence-electron chi connectivity index (χ2n) is 5.23. The summed E-state index contributed by atoms with van der Waals surface area (Å²) in [7, 11) is 0. The van der Waals surface area contributed by atoms with Crippen LogP contribution >= 0.6 is 11.6 Å². The van der Waals surface area contributed by atoms with E-state index >= 15 is 0 Å². The van der Waals surface area contributed by atoms with E-state index in [1.807, 2.05) is 12.1 Å². The number of nitrogens with zero attached hydrogens (tertiary/aromatic N) is 2. The van der Waals surface area contributed by atoms with E-state index in [-0.39, 0.29) is 12.4 Å². The van der Waals surface area contributed by atoms with Crippen LogP contribution in [0.2, 0.25) is 5.02 Å². The van der Waals surface area contributed by atoms with Crippen LogP contribution in [-0.2, 0) is 0 Å². The quantitative estimate of drug-likeness (QED) is 0.733. The van der Waals surface area contributed by atoms with Gasteiger partial charge in [-0.15, -0.1) is 10.2 Å². The van der Waals surface area contributed by atoms with E-state index in [2.05, 4.69) is 15.5 Å². The molecule has 3 aromatic rings. The van der Waals surface area contributed by atoms with Crippen molar-refractivity contribution in [3.63, 3.8) is 0 Å². The Morgan fingerprint density at radius 2 is 1.75 bits per heavy atom. The number of nitrogens with one attached hydrogen (secondary N) is 1. The highest BCUT2D eigenvalue weighted by Crippen LogP contribution is 2.23. The molecule has 0 aliphatic rings. The van der Waals surface area contributed by atoms with Crippen LogP contribution in [0.1, 0.15) is 11.7 Å². The van der Waals surface area contributed by atoms with Gasteiger partial charge in [0.25, 0.3) is 0 Å². The summed E-state index contributed by atoms with van der Waals surface area (Å²) < 4.78 is 12.9. The number of aromatic nitrogens is 2. The summed E-state index contributed by atoms with van der Waals surface area (Å²) in [5.74, 6) is 0.241. The Labute approximate surface area is 143 Å². The molecule has 0 amide bonds. The summed E-state index contributed by atoms with van der Waals surface area (Å²) in [6.07, 6.45) is -0.753. The fraction of sp³-hybridized carbons (Fsp3) is 0.111. The first-order chi connectivity index (χ1) is 11.6. The highest BCUT2D eigenvalue weighted by Gasteiger charge is 2.11. The predicted octanol–water partition coefficient (Wildman–Crippen LogP) is 4.08. The summed E-state index contributed by atoms with van der Waals surface area (Å²) in [5.41, 5.74) is 2.08. The molecule has 1 heterocycles. The third kappa shape index (κ3) is 3.88. The lowest BCUT2D eigenvalue weighted by Crippen LogP contribution is -2.13. The Morgan fingerprint density at radius 1 is 1.00 bits per heavy atom. The molecule has 2 N–H and O–H groups in total. The second kappa shape index (κ2) is 7.38. The zero-order valence-electron chi connectivity index (χ0n) is 12.7. The molecule has 0 aliphatic carbocycles. The van der Waals surface area contributed by atoms with Crippen molar-refractivity contribution in [2.45, 2.75) is 6.10 Å². The van der Waals surface area contributed by atoms with Gasteiger partial charge >= 0.3 is 0 Å². The van der Waals surface area contributed by atoms with Gasteiger partial charge in [-0.25, -0.2) is 4.39 Å². The Hall–Kier alpha value is -2.50. The zero-order valence-corrected chi connectivity index (χ0v) is 13.4. The van der Waals surface area contributed by atoms with Gasteiger partial charge in [-0.3, -0.25) is 0 Å². The van der Waals surface area contributed by atoms with Crippen molar-refractivity contribution in [3.05, 3.63) is 77.1 Å². The van der Waals surface area contributed by atoms with E-state index in [0.717, 1.165) is 5.56 Å². The molecule has 24 heavy (non-hydrogen) atoms. The van der Waals surface area contributed by atoms with Gasteiger partial charge in [0, 0.05) is 22.7 Å². The number of anilines is 1. The Morgan fingerprint density at radius 3 is 2.42 bits per heavy atom. The van der Waals surface area contributed by atoms with Crippen LogP contribution in [0.4, 0.5) is 10.2 Å². The number of aliphatic hydroxyl groups is 1. The highest BCUT2D eigenvalue weighted by atomic mass is 35.5. The molecule has 1 atom stereocenters. The first-order valence-electron chi connectivity index (χ1n) is 7.39. The first-order valence-corrected chi connectivity index (χ1v) is 7.77. The molecular formula is C18H15ClFN3O. The molecule has 0 radical (unpaired) electrons. The van der Waals surface area contributed by atoms with Gasteiger partial charge in [0.2, 0.25) is 0 Å². The van der Waals surface area contributed by atoms with Crippen LogP contribution in [0.5, 0.6) is 0 Å². The maximum Gasteiger partial charge on any atom is 0.148 e. The first kappa shape index (κ1) is 16.4. The lowest BCUT2D eigenvalue weighted by atomic mass is 10.1. The molecule has 0 aliphatic heterocycles. The van der Waals surface area contributed by atoms with Crippen molar-refractivity contribution >= 4 is 17.4 Å². The minimum atomic E-state index is -0.753. The average Bonchev–Trinajstić information content (AvgIpc) is 2.61. The monoisotopic (exact) mass is 343 g/mol. The maximum absolute atomic E-state index is 12.9. The molecule has 122 valence electrons. The van der Waals surface area contributed by atoms with Crippen molar-refractivity contribution in [3.8, 4) is 11.3 Å². The molecule has 3 rings (SSSR count). The normalized spacial score (nSPS) is 12.0. The topological polar surface area (TPSA) is 58.0 Å². The third-order valence-electron chi connectivity index (χ3n) is 3.55. The number of aliphatic hydroxyl groups excluding tert-OH is 1. The van der Waals surface area contributed by atoms with Crippen molar-refractivity contribution in [1.82, 2.24) is 10.2 Å². The summed E-state index contributed by atoms with van der Waals surface area (Å²) in [5, 5.41) is 21.9. The molecule has 4 nitrogen and oxygen atoms in total. The second-order valence-corrected chi connectivity index (χ2v) is 5.64. The van der Waals surface area contributed by atoms with E-state index in [0.29, 0.717) is 22.1 Å². The molecule has 0 spiro atoms. The van der Waals surface area contributed by atoms with Gasteiger partial charge < -0.3 is 10.4 Å². The Kier molecular flexibility index (Phi) is 5.03. The van der Waals surface area contributed by atoms with Gasteiger partial charge in [0.15, 0.2) is 0 Å². The smallest absolute Gasteiger partial charge is 0.148 e. The van der Waals surface area contributed by atoms with Gasteiger partial charge in [-0.2, -0.15) is 0 Å². The minimum Gasteiger partial charge on any atom is -0.387 e. The molecule has 2 aromatic carbocycles. The molecule has 0 saturated heterocycles. The highest BCUT2D eigenvalue weighted by molar-refractivity contribution is 6.31. The van der Waals surface area contributed by atoms with Gasteiger partial charge in [-0.05, 0) is 42.5 Å². The molecule has 0 fully saturated rings. The maximum atomic E-state index is 12.9. The van der Waals surface area contributed by atoms with Gasteiger partial charge in [0.1, 0.15) is 11.6 Å². The summed E-state index contributed by atoms with van der Waals surface area (Å²) in [6, 6.07) is 16.7. The van der Waals surface area contributed by atoms with Crippen LogP contribution in [0.25, 0.3) is 11.3 Å². The number of halogens is 2. The van der Waals surface area contributed by atoms with Crippen molar-refractivity contribution in [1.29, 1.82) is 0 Å². The SMILES string of the molecule is OC(CNc1ccc(-c2ccc(F)cc2)nn1)c1ccccc1Cl. The fourth-order valence-corrected chi connectivity index (χ4v) is 2.52. The van der Waals surface area contributed by atoms with E-state index < -0.39 is 6.10 Å². The molecular weight excluding hydrogens is 329 g/mol. The van der Waals surface area contributed by atoms with Crippen LogP contribution in [0, 0.1) is 5.82 Å². The Bertz CT molecular complexity index is 809. The number of rotatable bonds is 5. The summed E-state index contributed by atoms with van der Waals surface area (Å²) >= 11 is 6.06. The molecule has 6 heteroatoms. The summed E-state index contributed by atoms with van der Waals surface area (Å²) in [6.45, 7) is 0.258. The van der Waals surface area contributed by atoms with Gasteiger partial charge in [-0.1, -0.05) is 29.8 Å². The third-order valence-corrected chi connectivity index (χ3v) is 3.89. The standard InChI is InChI=1S/C18H15ClFN3O/c19-15-4-2-1-3-14(15)17(24)11-21-18-10-9-16(22-23-18)12-5-7-13(20)8-6-12/h1-10,17,24H,11H2,(H,21,23). The van der Waals surface area contributed by atoms with Crippen molar-refractivity contribution in [2.75, 3.05) is 11.9 Å². The van der Waals surface area contributed by atoms with E-state index in [1.165, 1.54) is 12.1 Å². The molecule has 1 aromatic heterocycles. The number of benzene rings is 2. The molecule has 0 saturated carbocycles. The van der Waals surface area contributed by atoms with Crippen LogP contribution < -0.4 is 5.32 Å². The number of hydrogen-bond donors (Lipinski definition) is 2. The zero-order chi connectivity index (χ0) is 16.9.